The molecule has 5 heteroatoms. The van der Waals surface area contributed by atoms with E-state index in [0.717, 1.165) is 32.1 Å². The predicted octanol–water partition coefficient (Wildman–Crippen LogP) is 2.05. The summed E-state index contributed by atoms with van der Waals surface area (Å²) in [6.07, 6.45) is 5.22. The number of aliphatic carboxylic acids is 1. The van der Waals surface area contributed by atoms with Crippen LogP contribution in [-0.2, 0) is 14.3 Å². The Morgan fingerprint density at radius 3 is 2.60 bits per heavy atom. The molecule has 1 N–H and O–H groups in total. The van der Waals surface area contributed by atoms with Crippen LogP contribution in [0.15, 0.2) is 0 Å². The van der Waals surface area contributed by atoms with E-state index in [1.165, 1.54) is 0 Å². The lowest BCUT2D eigenvalue weighted by Gasteiger charge is -2.37. The van der Waals surface area contributed by atoms with Gasteiger partial charge < -0.3 is 14.7 Å². The maximum atomic E-state index is 12.6. The van der Waals surface area contributed by atoms with Crippen LogP contribution >= 0.6 is 0 Å². The van der Waals surface area contributed by atoms with E-state index in [1.54, 1.807) is 0 Å². The third-order valence-electron chi connectivity index (χ3n) is 4.74. The van der Waals surface area contributed by atoms with Gasteiger partial charge in [0.2, 0.25) is 5.91 Å². The highest BCUT2D eigenvalue weighted by Gasteiger charge is 2.40. The first-order valence-corrected chi connectivity index (χ1v) is 7.65. The molecule has 5 nitrogen and oxygen atoms in total. The van der Waals surface area contributed by atoms with Crippen molar-refractivity contribution in [1.82, 2.24) is 4.90 Å². The van der Waals surface area contributed by atoms with Crippen molar-refractivity contribution in [2.24, 2.45) is 5.41 Å². The molecule has 2 fully saturated rings. The van der Waals surface area contributed by atoms with Crippen molar-refractivity contribution in [3.05, 3.63) is 0 Å². The average molecular weight is 283 g/mol. The monoisotopic (exact) mass is 283 g/mol. The van der Waals surface area contributed by atoms with Gasteiger partial charge in [0.1, 0.15) is 0 Å². The zero-order valence-electron chi connectivity index (χ0n) is 12.3. The second kappa shape index (κ2) is 6.57. The number of rotatable bonds is 5. The first kappa shape index (κ1) is 15.3. The summed E-state index contributed by atoms with van der Waals surface area (Å²) in [7, 11) is 0. The lowest BCUT2D eigenvalue weighted by molar-refractivity contribution is -0.145. The van der Waals surface area contributed by atoms with Crippen LogP contribution in [0, 0.1) is 5.41 Å². The van der Waals surface area contributed by atoms with Gasteiger partial charge in [0.25, 0.3) is 0 Å². The molecular weight excluding hydrogens is 258 g/mol. The number of carboxylic acids is 1. The fourth-order valence-electron chi connectivity index (χ4n) is 3.61. The number of nitrogens with zero attached hydrogens (tertiary/aromatic N) is 1. The zero-order chi connectivity index (χ0) is 14.6. The van der Waals surface area contributed by atoms with Crippen LogP contribution in [0.2, 0.25) is 0 Å². The molecule has 1 amide bonds. The summed E-state index contributed by atoms with van der Waals surface area (Å²) in [5.74, 6) is -0.669. The van der Waals surface area contributed by atoms with Gasteiger partial charge in [-0.2, -0.15) is 0 Å². The van der Waals surface area contributed by atoms with E-state index in [9.17, 15) is 9.59 Å². The second-order valence-corrected chi connectivity index (χ2v) is 6.18. The smallest absolute Gasteiger partial charge is 0.303 e. The predicted molar refractivity (Wildman–Crippen MR) is 74.4 cm³/mol. The van der Waals surface area contributed by atoms with E-state index in [1.807, 2.05) is 4.90 Å². The van der Waals surface area contributed by atoms with Gasteiger partial charge in [-0.1, -0.05) is 19.8 Å². The van der Waals surface area contributed by atoms with Crippen LogP contribution < -0.4 is 0 Å². The highest BCUT2D eigenvalue weighted by Crippen LogP contribution is 2.44. The van der Waals surface area contributed by atoms with Gasteiger partial charge in [0.05, 0.1) is 25.7 Å². The number of hydrogen-bond acceptors (Lipinski definition) is 3. The number of amides is 1. The molecule has 1 saturated carbocycles. The fraction of sp³-hybridized carbons (Fsp3) is 0.867. The molecule has 1 atom stereocenters. The molecule has 0 spiro atoms. The van der Waals surface area contributed by atoms with Crippen LogP contribution in [0.1, 0.15) is 51.9 Å². The number of ether oxygens (including phenoxy) is 1. The summed E-state index contributed by atoms with van der Waals surface area (Å²) < 4.78 is 5.43. The van der Waals surface area contributed by atoms with Crippen molar-refractivity contribution in [3.63, 3.8) is 0 Å². The molecule has 114 valence electrons. The lowest BCUT2D eigenvalue weighted by atomic mass is 9.79. The van der Waals surface area contributed by atoms with Crippen molar-refractivity contribution in [1.29, 1.82) is 0 Å². The van der Waals surface area contributed by atoms with Gasteiger partial charge in [-0.25, -0.2) is 0 Å². The van der Waals surface area contributed by atoms with Gasteiger partial charge in [-0.3, -0.25) is 9.59 Å². The van der Waals surface area contributed by atoms with Crippen LogP contribution in [0.25, 0.3) is 0 Å². The van der Waals surface area contributed by atoms with E-state index < -0.39 is 5.97 Å². The van der Waals surface area contributed by atoms with E-state index >= 15 is 0 Å². The zero-order valence-corrected chi connectivity index (χ0v) is 12.3. The second-order valence-electron chi connectivity index (χ2n) is 6.18. The fourth-order valence-corrected chi connectivity index (χ4v) is 3.61. The molecule has 0 aromatic heterocycles. The molecule has 2 rings (SSSR count). The van der Waals surface area contributed by atoms with Gasteiger partial charge in [-0.05, 0) is 24.7 Å². The minimum atomic E-state index is -0.784. The third-order valence-corrected chi connectivity index (χ3v) is 4.74. The largest absolute Gasteiger partial charge is 0.481 e. The molecule has 20 heavy (non-hydrogen) atoms. The van der Waals surface area contributed by atoms with E-state index in [-0.39, 0.29) is 23.8 Å². The first-order valence-electron chi connectivity index (χ1n) is 7.65. The van der Waals surface area contributed by atoms with Gasteiger partial charge >= 0.3 is 5.97 Å². The van der Waals surface area contributed by atoms with Crippen LogP contribution in [0.5, 0.6) is 0 Å². The quantitative estimate of drug-likeness (QED) is 0.838. The molecule has 0 radical (unpaired) electrons. The molecule has 0 aromatic rings. The normalized spacial score (nSPS) is 25.6. The molecule has 1 saturated heterocycles. The van der Waals surface area contributed by atoms with Crippen molar-refractivity contribution in [2.75, 3.05) is 19.8 Å². The van der Waals surface area contributed by atoms with Crippen molar-refractivity contribution in [3.8, 4) is 0 Å². The number of carbonyl (C=O) groups is 2. The summed E-state index contributed by atoms with van der Waals surface area (Å²) in [6, 6.07) is 0.152. The minimum Gasteiger partial charge on any atom is -0.481 e. The van der Waals surface area contributed by atoms with Crippen molar-refractivity contribution < 1.29 is 19.4 Å². The summed E-state index contributed by atoms with van der Waals surface area (Å²) >= 11 is 0. The summed E-state index contributed by atoms with van der Waals surface area (Å²) in [5, 5.41) is 9.12. The van der Waals surface area contributed by atoms with Gasteiger partial charge in [0, 0.05) is 13.0 Å². The number of morpholine rings is 1. The van der Waals surface area contributed by atoms with Gasteiger partial charge in [-0.15, -0.1) is 0 Å². The number of carboxylic acid groups (broad SMARTS) is 1. The Hall–Kier alpha value is -1.10. The van der Waals surface area contributed by atoms with E-state index in [2.05, 4.69) is 6.92 Å². The summed E-state index contributed by atoms with van der Waals surface area (Å²) in [5.41, 5.74) is -0.306. The van der Waals surface area contributed by atoms with Crippen LogP contribution in [0.3, 0.4) is 0 Å². The van der Waals surface area contributed by atoms with Crippen LogP contribution in [0.4, 0.5) is 0 Å². The van der Waals surface area contributed by atoms with Crippen molar-refractivity contribution in [2.45, 2.75) is 57.9 Å². The SMILES string of the molecule is CCC1COCCN1C(=O)CC1(CC(=O)O)CCCC1. The summed E-state index contributed by atoms with van der Waals surface area (Å²) in [4.78, 5) is 25.6. The highest BCUT2D eigenvalue weighted by molar-refractivity contribution is 5.78. The Labute approximate surface area is 120 Å². The minimum absolute atomic E-state index is 0.114. The van der Waals surface area contributed by atoms with E-state index in [0.29, 0.717) is 26.2 Å². The molecule has 1 heterocycles. The third kappa shape index (κ3) is 3.51. The topological polar surface area (TPSA) is 66.8 Å². The highest BCUT2D eigenvalue weighted by atomic mass is 16.5. The molecule has 1 aliphatic carbocycles. The number of hydrogen-bond donors (Lipinski definition) is 1. The molecule has 1 aliphatic heterocycles. The first-order chi connectivity index (χ1) is 9.56. The standard InChI is InChI=1S/C15H25NO4/c1-2-12-11-20-8-7-16(12)13(17)9-15(10-14(18)19)5-3-4-6-15/h12H,2-11H2,1H3,(H,18,19). The average Bonchev–Trinajstić information content (AvgIpc) is 2.85. The Kier molecular flexibility index (Phi) is 5.02. The maximum Gasteiger partial charge on any atom is 0.303 e. The number of carbonyl (C=O) groups excluding carboxylic acids is 1. The van der Waals surface area contributed by atoms with Gasteiger partial charge in [0.15, 0.2) is 0 Å². The molecule has 2 aliphatic rings. The molecule has 1 unspecified atom stereocenters. The Morgan fingerprint density at radius 1 is 1.30 bits per heavy atom. The lowest BCUT2D eigenvalue weighted by Crippen LogP contribution is -2.49. The molecular formula is C15H25NO4. The Balaban J connectivity index is 2.02. The summed E-state index contributed by atoms with van der Waals surface area (Å²) in [6.45, 7) is 3.89. The molecule has 0 bridgehead atoms. The molecule has 0 aromatic carbocycles. The Morgan fingerprint density at radius 2 is 2.00 bits per heavy atom. The van der Waals surface area contributed by atoms with Crippen LogP contribution in [-0.4, -0.2) is 47.7 Å². The Bertz CT molecular complexity index is 363. The van der Waals surface area contributed by atoms with E-state index in [4.69, 9.17) is 9.84 Å². The van der Waals surface area contributed by atoms with Crippen molar-refractivity contribution >= 4 is 11.9 Å². The maximum absolute atomic E-state index is 12.6.